The van der Waals surface area contributed by atoms with Crippen molar-refractivity contribution >= 4 is 23.6 Å². The van der Waals surface area contributed by atoms with Crippen LogP contribution in [-0.2, 0) is 38.4 Å². The lowest BCUT2D eigenvalue weighted by Crippen LogP contribution is -2.70. The highest BCUT2D eigenvalue weighted by atomic mass is 16.5. The molecule has 10 heteroatoms. The Kier molecular flexibility index (Phi) is 9.26. The van der Waals surface area contributed by atoms with E-state index in [-0.39, 0.29) is 25.2 Å². The minimum absolute atomic E-state index is 0.132. The van der Waals surface area contributed by atoms with Crippen LogP contribution >= 0.6 is 0 Å². The summed E-state index contributed by atoms with van der Waals surface area (Å²) in [6.45, 7) is 0. The quantitative estimate of drug-likeness (QED) is 0.109. The van der Waals surface area contributed by atoms with Gasteiger partial charge in [0.05, 0.1) is 6.04 Å². The van der Waals surface area contributed by atoms with Gasteiger partial charge in [-0.15, -0.1) is 0 Å². The van der Waals surface area contributed by atoms with Crippen molar-refractivity contribution in [1.29, 1.82) is 0 Å². The fourth-order valence-electron chi connectivity index (χ4n) is 4.52. The number of ketones is 1. The molecule has 4 rings (SSSR count). The molecule has 2 amide bonds. The van der Waals surface area contributed by atoms with E-state index in [0.717, 1.165) is 16.1 Å². The lowest BCUT2D eigenvalue weighted by atomic mass is 9.86. The fourth-order valence-corrected chi connectivity index (χ4v) is 4.52. The highest BCUT2D eigenvalue weighted by Crippen LogP contribution is 2.29. The molecule has 0 spiro atoms. The number of rotatable bonds is 13. The normalized spacial score (nSPS) is 17.9. The van der Waals surface area contributed by atoms with Gasteiger partial charge in [0.1, 0.15) is 11.8 Å². The highest BCUT2D eigenvalue weighted by molar-refractivity contribution is 6.09. The molecule has 0 radical (unpaired) electrons. The van der Waals surface area contributed by atoms with E-state index < -0.39 is 41.9 Å². The second kappa shape index (κ2) is 13.0. The predicted octanol–water partition coefficient (Wildman–Crippen LogP) is 1.61. The molecule has 0 saturated carbocycles. The van der Waals surface area contributed by atoms with Crippen molar-refractivity contribution in [3.05, 3.63) is 102 Å². The number of nitrogens with one attached hydrogen (secondary N) is 1. The Balaban J connectivity index is 1.45. The van der Waals surface area contributed by atoms with Crippen LogP contribution in [0.15, 0.2) is 84.9 Å². The second-order valence-corrected chi connectivity index (χ2v) is 9.72. The number of aliphatic carboxylic acids is 1. The SMILES string of the molecule is N[C@@H](Cc1ccc(O[C@H]2[C@@H](C(=O)[C@H](Cc3ccccc3)NC(=O)CCc3ccccc3)C(=O)N2N)cc1)C(=O)O. The Morgan fingerprint density at radius 2 is 1.45 bits per heavy atom. The molecule has 3 aromatic carbocycles. The Morgan fingerprint density at radius 1 is 0.875 bits per heavy atom. The number of aryl methyl sites for hydroxylation is 1. The van der Waals surface area contributed by atoms with Crippen LogP contribution in [0.2, 0.25) is 0 Å². The monoisotopic (exact) mass is 544 g/mol. The van der Waals surface area contributed by atoms with E-state index >= 15 is 0 Å². The van der Waals surface area contributed by atoms with Gasteiger partial charge in [-0.25, -0.2) is 10.9 Å². The van der Waals surface area contributed by atoms with E-state index in [2.05, 4.69) is 5.32 Å². The van der Waals surface area contributed by atoms with Crippen molar-refractivity contribution < 1.29 is 29.0 Å². The third-order valence-electron chi connectivity index (χ3n) is 6.78. The Morgan fingerprint density at radius 3 is 2.05 bits per heavy atom. The smallest absolute Gasteiger partial charge is 0.320 e. The molecule has 40 heavy (non-hydrogen) atoms. The summed E-state index contributed by atoms with van der Waals surface area (Å²) >= 11 is 0. The molecule has 10 nitrogen and oxygen atoms in total. The maximum atomic E-state index is 13.7. The van der Waals surface area contributed by atoms with Gasteiger partial charge in [0, 0.05) is 6.42 Å². The number of β-lactam (4-membered cyclic amide) rings is 1. The van der Waals surface area contributed by atoms with E-state index in [1.165, 1.54) is 0 Å². The third kappa shape index (κ3) is 7.10. The van der Waals surface area contributed by atoms with Gasteiger partial charge in [0.15, 0.2) is 11.7 Å². The van der Waals surface area contributed by atoms with E-state index in [1.807, 2.05) is 60.7 Å². The second-order valence-electron chi connectivity index (χ2n) is 9.72. The zero-order chi connectivity index (χ0) is 28.6. The number of Topliss-reactive ketones (excluding diaryl/α,β-unsaturated/α-hetero) is 1. The summed E-state index contributed by atoms with van der Waals surface area (Å²) in [6.07, 6.45) is -0.0334. The predicted molar refractivity (Wildman–Crippen MR) is 147 cm³/mol. The number of benzene rings is 3. The van der Waals surface area contributed by atoms with Crippen molar-refractivity contribution in [2.75, 3.05) is 0 Å². The molecule has 1 saturated heterocycles. The largest absolute Gasteiger partial charge is 0.480 e. The van der Waals surface area contributed by atoms with Crippen LogP contribution in [0.25, 0.3) is 0 Å². The number of hydrazine groups is 1. The molecule has 0 unspecified atom stereocenters. The van der Waals surface area contributed by atoms with Crippen LogP contribution in [0, 0.1) is 5.92 Å². The molecule has 0 bridgehead atoms. The maximum absolute atomic E-state index is 13.7. The number of carbonyl (C=O) groups excluding carboxylic acids is 3. The topological polar surface area (TPSA) is 165 Å². The molecule has 1 aliphatic heterocycles. The molecule has 4 atom stereocenters. The number of carbonyl (C=O) groups is 4. The first-order valence-corrected chi connectivity index (χ1v) is 13.0. The van der Waals surface area contributed by atoms with Crippen molar-refractivity contribution in [1.82, 2.24) is 10.3 Å². The average Bonchev–Trinajstić information content (AvgIpc) is 2.97. The first kappa shape index (κ1) is 28.5. The molecule has 0 aromatic heterocycles. The summed E-state index contributed by atoms with van der Waals surface area (Å²) in [4.78, 5) is 50.3. The standard InChI is InChI=1S/C30H32N4O6/c31-23(30(38)39)17-21-11-14-22(15-12-21)40-29-26(28(37)34(29)32)27(36)24(18-20-9-5-2-6-10-20)33-25(35)16-13-19-7-3-1-4-8-19/h1-12,14-15,23-24,26,29H,13,16-18,31-32H2,(H,33,35)(H,38,39)/t23-,24-,26-,29-/m0/s1. The molecule has 208 valence electrons. The number of amides is 2. The summed E-state index contributed by atoms with van der Waals surface area (Å²) in [7, 11) is 0. The van der Waals surface area contributed by atoms with Crippen molar-refractivity contribution in [3.63, 3.8) is 0 Å². The van der Waals surface area contributed by atoms with E-state index in [0.29, 0.717) is 17.7 Å². The molecule has 3 aromatic rings. The van der Waals surface area contributed by atoms with Crippen molar-refractivity contribution in [2.24, 2.45) is 17.5 Å². The van der Waals surface area contributed by atoms with Crippen LogP contribution < -0.4 is 21.6 Å². The zero-order valence-electron chi connectivity index (χ0n) is 21.8. The van der Waals surface area contributed by atoms with E-state index in [4.69, 9.17) is 21.4 Å². The van der Waals surface area contributed by atoms with Gasteiger partial charge in [-0.1, -0.05) is 72.8 Å². The number of nitrogens with zero attached hydrogens (tertiary/aromatic N) is 1. The Hall–Kier alpha value is -4.54. The molecular formula is C30H32N4O6. The molecule has 1 aliphatic rings. The Labute approximate surface area is 231 Å². The van der Waals surface area contributed by atoms with Gasteiger partial charge in [0.25, 0.3) is 5.91 Å². The minimum Gasteiger partial charge on any atom is -0.480 e. The number of carboxylic acids is 1. The first-order chi connectivity index (χ1) is 19.2. The molecule has 0 aliphatic carbocycles. The summed E-state index contributed by atoms with van der Waals surface area (Å²) in [5.41, 5.74) is 8.10. The van der Waals surface area contributed by atoms with Gasteiger partial charge in [-0.05, 0) is 48.1 Å². The van der Waals surface area contributed by atoms with Gasteiger partial charge >= 0.3 is 5.97 Å². The maximum Gasteiger partial charge on any atom is 0.320 e. The summed E-state index contributed by atoms with van der Waals surface area (Å²) in [5, 5.41) is 12.7. The minimum atomic E-state index is -1.20. The van der Waals surface area contributed by atoms with Gasteiger partial charge < -0.3 is 20.9 Å². The van der Waals surface area contributed by atoms with Crippen LogP contribution in [0.4, 0.5) is 0 Å². The van der Waals surface area contributed by atoms with E-state index in [1.54, 1.807) is 24.3 Å². The molecule has 1 heterocycles. The lowest BCUT2D eigenvalue weighted by molar-refractivity contribution is -0.181. The summed E-state index contributed by atoms with van der Waals surface area (Å²) in [6, 6.07) is 23.3. The summed E-state index contributed by atoms with van der Waals surface area (Å²) < 4.78 is 5.88. The molecular weight excluding hydrogens is 512 g/mol. The number of hydrogen-bond donors (Lipinski definition) is 4. The molecule has 1 fully saturated rings. The summed E-state index contributed by atoms with van der Waals surface area (Å²) in [5.74, 6) is 2.51. The number of nitrogens with two attached hydrogens (primary N) is 2. The lowest BCUT2D eigenvalue weighted by Gasteiger charge is -2.43. The molecule has 6 N–H and O–H groups in total. The average molecular weight is 545 g/mol. The van der Waals surface area contributed by atoms with Gasteiger partial charge in [-0.2, -0.15) is 0 Å². The van der Waals surface area contributed by atoms with E-state index in [9.17, 15) is 19.2 Å². The van der Waals surface area contributed by atoms with Crippen LogP contribution in [0.5, 0.6) is 5.75 Å². The Bertz CT molecular complexity index is 1330. The third-order valence-corrected chi connectivity index (χ3v) is 6.78. The van der Waals surface area contributed by atoms with Gasteiger partial charge in [0.2, 0.25) is 12.1 Å². The highest BCUT2D eigenvalue weighted by Gasteiger charge is 2.54. The van der Waals surface area contributed by atoms with Crippen LogP contribution in [0.3, 0.4) is 0 Å². The van der Waals surface area contributed by atoms with Crippen molar-refractivity contribution in [2.45, 2.75) is 44.0 Å². The van der Waals surface area contributed by atoms with Crippen LogP contribution in [-0.4, -0.2) is 52.0 Å². The fraction of sp³-hybridized carbons (Fsp3) is 0.267. The number of ether oxygens (including phenoxy) is 1. The number of carboxylic acid groups (broad SMARTS) is 1. The van der Waals surface area contributed by atoms with Crippen LogP contribution in [0.1, 0.15) is 23.1 Å². The first-order valence-electron chi connectivity index (χ1n) is 13.0. The van der Waals surface area contributed by atoms with Crippen molar-refractivity contribution in [3.8, 4) is 5.75 Å². The number of hydrogen-bond acceptors (Lipinski definition) is 7. The zero-order valence-corrected chi connectivity index (χ0v) is 21.8. The van der Waals surface area contributed by atoms with Gasteiger partial charge in [-0.3, -0.25) is 19.2 Å².